The number of nitrogens with one attached hydrogen (secondary N) is 1. The Kier molecular flexibility index (Phi) is 4.22. The first-order valence-corrected chi connectivity index (χ1v) is 8.37. The molecule has 0 spiro atoms. The minimum absolute atomic E-state index is 0.601. The van der Waals surface area contributed by atoms with Crippen molar-refractivity contribution in [3.63, 3.8) is 0 Å². The lowest BCUT2D eigenvalue weighted by molar-refractivity contribution is 0.00432. The van der Waals surface area contributed by atoms with Gasteiger partial charge in [0.05, 0.1) is 0 Å². The predicted molar refractivity (Wildman–Crippen MR) is 81.9 cm³/mol. The van der Waals surface area contributed by atoms with Gasteiger partial charge in [0.1, 0.15) is 0 Å². The molecule has 106 valence electrons. The maximum atomic E-state index is 3.43. The van der Waals surface area contributed by atoms with Crippen molar-refractivity contribution in [1.82, 2.24) is 15.1 Å². The van der Waals surface area contributed by atoms with Crippen molar-refractivity contribution in [3.8, 4) is 0 Å². The minimum atomic E-state index is 0.601. The smallest absolute Gasteiger partial charge is 0.0414 e. The molecule has 2 fully saturated rings. The number of thiophene rings is 1. The molecule has 0 aliphatic carbocycles. The zero-order valence-corrected chi connectivity index (χ0v) is 12.9. The molecule has 1 aromatic rings. The van der Waals surface area contributed by atoms with E-state index in [-0.39, 0.29) is 0 Å². The molecule has 2 saturated heterocycles. The van der Waals surface area contributed by atoms with E-state index in [1.807, 2.05) is 11.3 Å². The molecule has 0 radical (unpaired) electrons. The highest BCUT2D eigenvalue weighted by atomic mass is 32.1. The van der Waals surface area contributed by atoms with E-state index in [1.54, 1.807) is 0 Å². The fourth-order valence-electron chi connectivity index (χ4n) is 3.07. The van der Waals surface area contributed by atoms with Crippen LogP contribution in [0.15, 0.2) is 12.1 Å². The Labute approximate surface area is 120 Å². The van der Waals surface area contributed by atoms with Gasteiger partial charge in [0.25, 0.3) is 0 Å². The predicted octanol–water partition coefficient (Wildman–Crippen LogP) is 1.96. The van der Waals surface area contributed by atoms with Gasteiger partial charge in [-0.2, -0.15) is 0 Å². The molecule has 19 heavy (non-hydrogen) atoms. The van der Waals surface area contributed by atoms with Crippen molar-refractivity contribution in [3.05, 3.63) is 21.9 Å². The molecule has 1 N–H and O–H groups in total. The van der Waals surface area contributed by atoms with E-state index < -0.39 is 0 Å². The normalized spacial score (nSPS) is 24.3. The molecule has 2 aliphatic heterocycles. The van der Waals surface area contributed by atoms with Crippen LogP contribution in [0.25, 0.3) is 0 Å². The second-order valence-electron chi connectivity index (χ2n) is 5.73. The second-order valence-corrected chi connectivity index (χ2v) is 6.93. The zero-order valence-electron chi connectivity index (χ0n) is 12.1. The van der Waals surface area contributed by atoms with E-state index in [0.29, 0.717) is 6.04 Å². The van der Waals surface area contributed by atoms with Crippen LogP contribution in [0.5, 0.6) is 0 Å². The van der Waals surface area contributed by atoms with Gasteiger partial charge >= 0.3 is 0 Å². The molecule has 1 atom stereocenters. The molecule has 0 amide bonds. The van der Waals surface area contributed by atoms with Gasteiger partial charge in [-0.05, 0) is 25.5 Å². The van der Waals surface area contributed by atoms with Crippen LogP contribution in [0.1, 0.15) is 29.6 Å². The van der Waals surface area contributed by atoms with Gasteiger partial charge in [-0.1, -0.05) is 6.92 Å². The number of hydrogen-bond acceptors (Lipinski definition) is 4. The van der Waals surface area contributed by atoms with E-state index in [9.17, 15) is 0 Å². The van der Waals surface area contributed by atoms with Gasteiger partial charge < -0.3 is 5.32 Å². The van der Waals surface area contributed by atoms with E-state index in [1.165, 1.54) is 42.4 Å². The fourth-order valence-corrected chi connectivity index (χ4v) is 4.11. The van der Waals surface area contributed by atoms with Gasteiger partial charge in [0.15, 0.2) is 0 Å². The lowest BCUT2D eigenvalue weighted by atomic mass is 10.0. The number of hydrogen-bond donors (Lipinski definition) is 1. The van der Waals surface area contributed by atoms with Crippen LogP contribution in [0.2, 0.25) is 0 Å². The van der Waals surface area contributed by atoms with Crippen LogP contribution in [0.3, 0.4) is 0 Å². The average molecular weight is 279 g/mol. The standard InChI is InChI=1S/C15H25N3S/c1-3-14-4-5-15(19-14)12(2)18-10-13(11-18)17-8-6-16-7-9-17/h4-5,12-13,16H,3,6-11H2,1-2H3. The number of aryl methyl sites for hydroxylation is 1. The topological polar surface area (TPSA) is 18.5 Å². The lowest BCUT2D eigenvalue weighted by Gasteiger charge is -2.49. The first-order chi connectivity index (χ1) is 9.28. The number of rotatable bonds is 4. The monoisotopic (exact) mass is 279 g/mol. The van der Waals surface area contributed by atoms with Crippen LogP contribution in [0, 0.1) is 0 Å². The summed E-state index contributed by atoms with van der Waals surface area (Å²) in [6.45, 7) is 11.9. The molecule has 1 unspecified atom stereocenters. The highest BCUT2D eigenvalue weighted by Crippen LogP contribution is 2.32. The molecular formula is C15H25N3S. The van der Waals surface area contributed by atoms with Crippen LogP contribution in [-0.4, -0.2) is 55.1 Å². The third-order valence-electron chi connectivity index (χ3n) is 4.55. The minimum Gasteiger partial charge on any atom is -0.314 e. The quantitative estimate of drug-likeness (QED) is 0.909. The van der Waals surface area contributed by atoms with E-state index in [2.05, 4.69) is 41.1 Å². The third-order valence-corrected chi connectivity index (χ3v) is 5.95. The molecule has 1 aromatic heterocycles. The molecule has 0 bridgehead atoms. The maximum Gasteiger partial charge on any atom is 0.0414 e. The average Bonchev–Trinajstić information content (AvgIpc) is 2.87. The summed E-state index contributed by atoms with van der Waals surface area (Å²) in [6.07, 6.45) is 1.17. The molecule has 3 nitrogen and oxygen atoms in total. The number of likely N-dealkylation sites (tertiary alicyclic amines) is 1. The van der Waals surface area contributed by atoms with Gasteiger partial charge in [-0.25, -0.2) is 0 Å². The highest BCUT2D eigenvalue weighted by molar-refractivity contribution is 7.12. The first-order valence-electron chi connectivity index (χ1n) is 7.55. The Morgan fingerprint density at radius 3 is 2.68 bits per heavy atom. The summed E-state index contributed by atoms with van der Waals surface area (Å²) in [5.74, 6) is 0. The lowest BCUT2D eigenvalue weighted by Crippen LogP contribution is -2.62. The zero-order chi connectivity index (χ0) is 13.2. The SMILES string of the molecule is CCc1ccc(C(C)N2CC(N3CCNCC3)C2)s1. The Bertz CT molecular complexity index is 405. The molecular weight excluding hydrogens is 254 g/mol. The Balaban J connectivity index is 1.51. The summed E-state index contributed by atoms with van der Waals surface area (Å²) in [5.41, 5.74) is 0. The van der Waals surface area contributed by atoms with Gasteiger partial charge in [0.2, 0.25) is 0 Å². The van der Waals surface area contributed by atoms with Gasteiger partial charge in [-0.3, -0.25) is 9.80 Å². The molecule has 2 aliphatic rings. The van der Waals surface area contributed by atoms with Crippen LogP contribution < -0.4 is 5.32 Å². The summed E-state index contributed by atoms with van der Waals surface area (Å²) in [5, 5.41) is 3.43. The van der Waals surface area contributed by atoms with E-state index >= 15 is 0 Å². The van der Waals surface area contributed by atoms with Crippen molar-refractivity contribution >= 4 is 11.3 Å². The molecule has 3 rings (SSSR count). The van der Waals surface area contributed by atoms with Crippen molar-refractivity contribution in [2.24, 2.45) is 0 Å². The van der Waals surface area contributed by atoms with Crippen LogP contribution in [-0.2, 0) is 6.42 Å². The van der Waals surface area contributed by atoms with E-state index in [0.717, 1.165) is 19.1 Å². The number of nitrogens with zero attached hydrogens (tertiary/aromatic N) is 2. The third kappa shape index (κ3) is 2.87. The summed E-state index contributed by atoms with van der Waals surface area (Å²) >= 11 is 1.99. The summed E-state index contributed by atoms with van der Waals surface area (Å²) < 4.78 is 0. The highest BCUT2D eigenvalue weighted by Gasteiger charge is 2.35. The number of piperazine rings is 1. The maximum absolute atomic E-state index is 3.43. The summed E-state index contributed by atoms with van der Waals surface area (Å²) in [4.78, 5) is 8.33. The van der Waals surface area contributed by atoms with E-state index in [4.69, 9.17) is 0 Å². The second kappa shape index (κ2) is 5.92. The Morgan fingerprint density at radius 1 is 1.32 bits per heavy atom. The fraction of sp³-hybridized carbons (Fsp3) is 0.733. The van der Waals surface area contributed by atoms with Crippen molar-refractivity contribution in [2.75, 3.05) is 39.3 Å². The summed E-state index contributed by atoms with van der Waals surface area (Å²) in [6, 6.07) is 6.02. The Hall–Kier alpha value is -0.420. The molecule has 4 heteroatoms. The molecule has 0 saturated carbocycles. The van der Waals surface area contributed by atoms with Gasteiger partial charge in [-0.15, -0.1) is 11.3 Å². The van der Waals surface area contributed by atoms with Crippen molar-refractivity contribution in [1.29, 1.82) is 0 Å². The van der Waals surface area contributed by atoms with Crippen LogP contribution in [0.4, 0.5) is 0 Å². The first kappa shape index (κ1) is 13.6. The summed E-state index contributed by atoms with van der Waals surface area (Å²) in [7, 11) is 0. The molecule has 0 aromatic carbocycles. The molecule has 3 heterocycles. The van der Waals surface area contributed by atoms with Gasteiger partial charge in [0, 0.05) is 61.1 Å². The largest absolute Gasteiger partial charge is 0.314 e. The van der Waals surface area contributed by atoms with Crippen molar-refractivity contribution < 1.29 is 0 Å². The van der Waals surface area contributed by atoms with Crippen molar-refractivity contribution in [2.45, 2.75) is 32.4 Å². The Morgan fingerprint density at radius 2 is 2.05 bits per heavy atom. The van der Waals surface area contributed by atoms with Crippen LogP contribution >= 0.6 is 11.3 Å².